The molecule has 0 radical (unpaired) electrons. The van der Waals surface area contributed by atoms with Crippen molar-refractivity contribution in [3.8, 4) is 0 Å². The van der Waals surface area contributed by atoms with Gasteiger partial charge in [0.1, 0.15) is 11.3 Å². The molecule has 9 nitrogen and oxygen atoms in total. The second kappa shape index (κ2) is 9.87. The smallest absolute Gasteiger partial charge is 0.427 e. The quantitative estimate of drug-likeness (QED) is 0.529. The second-order valence-electron chi connectivity index (χ2n) is 13.3. The van der Waals surface area contributed by atoms with E-state index in [9.17, 15) is 14.4 Å². The fourth-order valence-electron chi connectivity index (χ4n) is 7.79. The van der Waals surface area contributed by atoms with Crippen LogP contribution in [-0.4, -0.2) is 51.2 Å². The fraction of sp³-hybridized carbons (Fsp3) is 0.548. The fourth-order valence-corrected chi connectivity index (χ4v) is 7.79. The Morgan fingerprint density at radius 1 is 0.950 bits per heavy atom. The number of pyridine rings is 1. The first-order chi connectivity index (χ1) is 19.0. The molecule has 2 atom stereocenters. The van der Waals surface area contributed by atoms with E-state index in [0.717, 1.165) is 43.2 Å². The average Bonchev–Trinajstić information content (AvgIpc) is 2.86. The molecule has 2 N–H and O–H groups in total. The number of benzene rings is 1. The van der Waals surface area contributed by atoms with E-state index in [2.05, 4.69) is 15.6 Å². The number of carbonyl (C=O) groups excluding carboxylic acids is 3. The molecular formula is C31H38N4O5. The number of aromatic nitrogens is 1. The number of hydrogen-bond acceptors (Lipinski definition) is 7. The van der Waals surface area contributed by atoms with Crippen LogP contribution < -0.4 is 10.6 Å². The molecule has 0 spiro atoms. The topological polar surface area (TPSA) is 110 Å². The molecule has 2 heterocycles. The maximum Gasteiger partial charge on any atom is 0.528 e. The van der Waals surface area contributed by atoms with E-state index in [1.807, 2.05) is 24.3 Å². The summed E-state index contributed by atoms with van der Waals surface area (Å²) in [5.74, 6) is 0.780. The number of amides is 2. The van der Waals surface area contributed by atoms with Crippen molar-refractivity contribution in [1.82, 2.24) is 20.7 Å². The summed E-state index contributed by atoms with van der Waals surface area (Å²) < 4.78 is 5.26. The third kappa shape index (κ3) is 5.57. The number of hydroxylamine groups is 2. The van der Waals surface area contributed by atoms with Crippen molar-refractivity contribution in [2.75, 3.05) is 6.54 Å². The lowest BCUT2D eigenvalue weighted by molar-refractivity contribution is -0.151. The average molecular weight is 547 g/mol. The van der Waals surface area contributed by atoms with E-state index in [0.29, 0.717) is 42.6 Å². The van der Waals surface area contributed by atoms with Crippen molar-refractivity contribution in [3.05, 3.63) is 65.0 Å². The maximum atomic E-state index is 13.6. The lowest BCUT2D eigenvalue weighted by Gasteiger charge is -2.62. The van der Waals surface area contributed by atoms with Gasteiger partial charge in [-0.2, -0.15) is 0 Å². The normalized spacial score (nSPS) is 28.9. The van der Waals surface area contributed by atoms with Gasteiger partial charge in [0, 0.05) is 29.4 Å². The van der Waals surface area contributed by atoms with Crippen molar-refractivity contribution in [2.45, 2.75) is 88.9 Å². The predicted octanol–water partition coefficient (Wildman–Crippen LogP) is 4.56. The van der Waals surface area contributed by atoms with Crippen LogP contribution in [0.5, 0.6) is 0 Å². The highest BCUT2D eigenvalue weighted by Gasteiger charge is 2.58. The number of ether oxygens (including phenoxy) is 1. The molecule has 4 fully saturated rings. The maximum absolute atomic E-state index is 13.6. The lowest BCUT2D eigenvalue weighted by atomic mass is 9.49. The zero-order chi connectivity index (χ0) is 28.1. The molecule has 5 aliphatic rings. The molecule has 4 aliphatic carbocycles. The standard InChI is InChI=1S/C31H38N4O5/c1-29(2,3)39-28(38)40-35-11-9-22-13-23(7-8-24(22)18-35)26(36)33-30-14-20-12-21(15-30)17-31(16-20,19-30)34-27(37)25-6-4-5-10-32-25/h4-8,10,13,20-21H,9,11-12,14-19H2,1-3H3,(H,33,36)(H,34,37). The van der Waals surface area contributed by atoms with Crippen LogP contribution in [-0.2, 0) is 22.5 Å². The van der Waals surface area contributed by atoms with Crippen LogP contribution in [0, 0.1) is 11.8 Å². The molecule has 7 rings (SSSR count). The van der Waals surface area contributed by atoms with Crippen molar-refractivity contribution in [3.63, 3.8) is 0 Å². The number of fused-ring (bicyclic) bond motifs is 1. The molecule has 212 valence electrons. The van der Waals surface area contributed by atoms with Crippen molar-refractivity contribution >= 4 is 18.0 Å². The first-order valence-electron chi connectivity index (χ1n) is 14.3. The Labute approximate surface area is 235 Å². The minimum Gasteiger partial charge on any atom is -0.427 e. The molecule has 1 aromatic heterocycles. The van der Waals surface area contributed by atoms with Crippen LogP contribution in [0.15, 0.2) is 42.6 Å². The zero-order valence-corrected chi connectivity index (χ0v) is 23.5. The molecular weight excluding hydrogens is 508 g/mol. The van der Waals surface area contributed by atoms with Gasteiger partial charge in [-0.05, 0) is 113 Å². The van der Waals surface area contributed by atoms with Crippen LogP contribution in [0.3, 0.4) is 0 Å². The number of nitrogens with one attached hydrogen (secondary N) is 2. The monoisotopic (exact) mass is 546 g/mol. The van der Waals surface area contributed by atoms with Gasteiger partial charge in [-0.15, -0.1) is 5.06 Å². The first kappa shape index (κ1) is 26.7. The summed E-state index contributed by atoms with van der Waals surface area (Å²) in [7, 11) is 0. The van der Waals surface area contributed by atoms with E-state index in [-0.39, 0.29) is 22.9 Å². The largest absolute Gasteiger partial charge is 0.528 e. The van der Waals surface area contributed by atoms with Gasteiger partial charge in [-0.25, -0.2) is 4.79 Å². The number of rotatable bonds is 5. The highest BCUT2D eigenvalue weighted by molar-refractivity contribution is 5.95. The predicted molar refractivity (Wildman–Crippen MR) is 147 cm³/mol. The number of nitrogens with zero attached hydrogens (tertiary/aromatic N) is 2. The van der Waals surface area contributed by atoms with Gasteiger partial charge in [0.2, 0.25) is 0 Å². The molecule has 1 aromatic carbocycles. The van der Waals surface area contributed by atoms with E-state index < -0.39 is 11.8 Å². The third-order valence-electron chi connectivity index (χ3n) is 8.75. The van der Waals surface area contributed by atoms with Gasteiger partial charge < -0.3 is 20.2 Å². The van der Waals surface area contributed by atoms with Crippen LogP contribution in [0.4, 0.5) is 4.79 Å². The Hall–Kier alpha value is -3.46. The van der Waals surface area contributed by atoms with E-state index in [1.165, 1.54) is 6.42 Å². The minimum absolute atomic E-state index is 0.0663. The molecule has 4 bridgehead atoms. The van der Waals surface area contributed by atoms with E-state index in [4.69, 9.17) is 9.57 Å². The molecule has 40 heavy (non-hydrogen) atoms. The summed E-state index contributed by atoms with van der Waals surface area (Å²) >= 11 is 0. The summed E-state index contributed by atoms with van der Waals surface area (Å²) in [5, 5.41) is 8.39. The summed E-state index contributed by atoms with van der Waals surface area (Å²) in [4.78, 5) is 48.4. The van der Waals surface area contributed by atoms with Crippen molar-refractivity contribution < 1.29 is 24.0 Å². The van der Waals surface area contributed by atoms with E-state index in [1.54, 1.807) is 44.2 Å². The summed E-state index contributed by atoms with van der Waals surface area (Å²) in [6, 6.07) is 11.1. The Morgan fingerprint density at radius 2 is 1.65 bits per heavy atom. The third-order valence-corrected chi connectivity index (χ3v) is 8.75. The molecule has 2 unspecified atom stereocenters. The molecule has 2 amide bonds. The molecule has 0 saturated heterocycles. The Balaban J connectivity index is 1.12. The summed E-state index contributed by atoms with van der Waals surface area (Å²) in [6.07, 6.45) is 7.34. The molecule has 1 aliphatic heterocycles. The van der Waals surface area contributed by atoms with Gasteiger partial charge in [-0.1, -0.05) is 12.1 Å². The van der Waals surface area contributed by atoms with Gasteiger partial charge in [0.05, 0.1) is 6.54 Å². The highest BCUT2D eigenvalue weighted by Crippen LogP contribution is 2.57. The van der Waals surface area contributed by atoms with Crippen molar-refractivity contribution in [2.24, 2.45) is 11.8 Å². The highest BCUT2D eigenvalue weighted by atomic mass is 16.8. The molecule has 4 saturated carbocycles. The van der Waals surface area contributed by atoms with Gasteiger partial charge in [-0.3, -0.25) is 14.6 Å². The van der Waals surface area contributed by atoms with Crippen LogP contribution in [0.2, 0.25) is 0 Å². The molecule has 9 heteroatoms. The van der Waals surface area contributed by atoms with Crippen LogP contribution in [0.1, 0.15) is 91.3 Å². The number of hydrogen-bond donors (Lipinski definition) is 2. The second-order valence-corrected chi connectivity index (χ2v) is 13.3. The SMILES string of the molecule is CC(C)(C)OC(=O)ON1CCc2cc(C(=O)NC34CC5CC(C3)CC(NC(=O)c3ccccn3)(C5)C4)ccc2C1. The number of carbonyl (C=O) groups is 3. The van der Waals surface area contributed by atoms with Crippen molar-refractivity contribution in [1.29, 1.82) is 0 Å². The summed E-state index contributed by atoms with van der Waals surface area (Å²) in [6.45, 7) is 6.38. The van der Waals surface area contributed by atoms with Gasteiger partial charge in [0.15, 0.2) is 0 Å². The Kier molecular flexibility index (Phi) is 6.60. The zero-order valence-electron chi connectivity index (χ0n) is 23.5. The Bertz CT molecular complexity index is 1310. The minimum atomic E-state index is -0.712. The Morgan fingerprint density at radius 3 is 2.30 bits per heavy atom. The molecule has 2 aromatic rings. The lowest BCUT2D eigenvalue weighted by Crippen LogP contribution is -2.69. The van der Waals surface area contributed by atoms with E-state index >= 15 is 0 Å². The summed E-state index contributed by atoms with van der Waals surface area (Å²) in [5.41, 5.74) is 1.95. The van der Waals surface area contributed by atoms with Crippen LogP contribution >= 0.6 is 0 Å². The van der Waals surface area contributed by atoms with Gasteiger partial charge in [0.25, 0.3) is 11.8 Å². The van der Waals surface area contributed by atoms with Gasteiger partial charge >= 0.3 is 6.16 Å². The van der Waals surface area contributed by atoms with Crippen LogP contribution in [0.25, 0.3) is 0 Å². The first-order valence-corrected chi connectivity index (χ1v) is 14.3.